The summed E-state index contributed by atoms with van der Waals surface area (Å²) in [6.07, 6.45) is 5.90. The first kappa shape index (κ1) is 12.3. The molecule has 0 aromatic carbocycles. The second-order valence-electron chi connectivity index (χ2n) is 5.80. The summed E-state index contributed by atoms with van der Waals surface area (Å²) in [6, 6.07) is 0. The SMILES string of the molecule is CC1CN(c2ncnc3sc4c(c23)CCC4)CCC1=O. The highest BCUT2D eigenvalue weighted by atomic mass is 32.1. The number of carbonyl (C=O) groups excluding carboxylic acids is 1. The Hall–Kier alpha value is -1.49. The number of aromatic nitrogens is 2. The first-order valence-electron chi connectivity index (χ1n) is 7.27. The zero-order chi connectivity index (χ0) is 13.7. The fourth-order valence-electron chi connectivity index (χ4n) is 3.36. The van der Waals surface area contributed by atoms with Crippen LogP contribution in [0.3, 0.4) is 0 Å². The number of piperidine rings is 1. The summed E-state index contributed by atoms with van der Waals surface area (Å²) in [6.45, 7) is 3.60. The number of hydrogen-bond donors (Lipinski definition) is 0. The molecule has 1 unspecified atom stereocenters. The van der Waals surface area contributed by atoms with Crippen molar-refractivity contribution in [3.63, 3.8) is 0 Å². The fraction of sp³-hybridized carbons (Fsp3) is 0.533. The standard InChI is InChI=1S/C15H17N3OS/c1-9-7-18(6-5-11(9)19)14-13-10-3-2-4-12(10)20-15(13)17-8-16-14/h8-9H,2-7H2,1H3. The number of ketones is 1. The number of Topliss-reactive ketones (excluding diaryl/α,β-unsaturated/α-hetero) is 1. The van der Waals surface area contributed by atoms with Crippen molar-refractivity contribution in [1.29, 1.82) is 0 Å². The molecule has 2 aliphatic rings. The van der Waals surface area contributed by atoms with E-state index in [0.717, 1.165) is 30.2 Å². The summed E-state index contributed by atoms with van der Waals surface area (Å²) in [5, 5.41) is 1.26. The number of fused-ring (bicyclic) bond motifs is 3. The molecule has 104 valence electrons. The van der Waals surface area contributed by atoms with Gasteiger partial charge in [0.15, 0.2) is 0 Å². The van der Waals surface area contributed by atoms with E-state index in [-0.39, 0.29) is 5.92 Å². The minimum absolute atomic E-state index is 0.112. The summed E-state index contributed by atoms with van der Waals surface area (Å²) >= 11 is 1.82. The monoisotopic (exact) mass is 287 g/mol. The quantitative estimate of drug-likeness (QED) is 0.809. The molecule has 0 radical (unpaired) electrons. The number of rotatable bonds is 1. The molecule has 0 bridgehead atoms. The Morgan fingerprint density at radius 2 is 2.20 bits per heavy atom. The number of nitrogens with zero attached hydrogens (tertiary/aromatic N) is 3. The smallest absolute Gasteiger partial charge is 0.141 e. The minimum Gasteiger partial charge on any atom is -0.355 e. The maximum atomic E-state index is 11.7. The van der Waals surface area contributed by atoms with Crippen LogP contribution < -0.4 is 4.90 Å². The molecule has 20 heavy (non-hydrogen) atoms. The summed E-state index contributed by atoms with van der Waals surface area (Å²) < 4.78 is 0. The van der Waals surface area contributed by atoms with E-state index >= 15 is 0 Å². The Balaban J connectivity index is 1.82. The Kier molecular flexibility index (Phi) is 2.77. The molecule has 0 N–H and O–H groups in total. The molecular weight excluding hydrogens is 270 g/mol. The molecule has 1 aliphatic carbocycles. The minimum atomic E-state index is 0.112. The molecule has 1 aliphatic heterocycles. The summed E-state index contributed by atoms with van der Waals surface area (Å²) in [5.41, 5.74) is 1.46. The van der Waals surface area contributed by atoms with Crippen LogP contribution >= 0.6 is 11.3 Å². The van der Waals surface area contributed by atoms with Crippen LogP contribution in [0, 0.1) is 5.92 Å². The number of anilines is 1. The lowest BCUT2D eigenvalue weighted by atomic mass is 9.98. The second-order valence-corrected chi connectivity index (χ2v) is 6.88. The van der Waals surface area contributed by atoms with Crippen LogP contribution in [0.25, 0.3) is 10.2 Å². The highest BCUT2D eigenvalue weighted by Gasteiger charge is 2.28. The number of thiophene rings is 1. The van der Waals surface area contributed by atoms with E-state index in [4.69, 9.17) is 0 Å². The molecule has 1 fully saturated rings. The van der Waals surface area contributed by atoms with Gasteiger partial charge in [0.05, 0.1) is 5.39 Å². The molecule has 1 atom stereocenters. The van der Waals surface area contributed by atoms with Crippen molar-refractivity contribution in [1.82, 2.24) is 9.97 Å². The van der Waals surface area contributed by atoms with E-state index in [9.17, 15) is 4.79 Å². The van der Waals surface area contributed by atoms with E-state index in [1.807, 2.05) is 18.3 Å². The van der Waals surface area contributed by atoms with Crippen LogP contribution in [0.1, 0.15) is 30.2 Å². The van der Waals surface area contributed by atoms with Crippen molar-refractivity contribution in [3.8, 4) is 0 Å². The van der Waals surface area contributed by atoms with Crippen LogP contribution in [-0.2, 0) is 17.6 Å². The highest BCUT2D eigenvalue weighted by Crippen LogP contribution is 2.40. The molecule has 0 spiro atoms. The van der Waals surface area contributed by atoms with E-state index < -0.39 is 0 Å². The molecule has 1 saturated heterocycles. The lowest BCUT2D eigenvalue weighted by Crippen LogP contribution is -2.40. The van der Waals surface area contributed by atoms with Gasteiger partial charge in [-0.1, -0.05) is 6.92 Å². The third-order valence-corrected chi connectivity index (χ3v) is 5.65. The molecule has 0 amide bonds. The van der Waals surface area contributed by atoms with Gasteiger partial charge in [0.25, 0.3) is 0 Å². The van der Waals surface area contributed by atoms with Crippen molar-refractivity contribution in [2.45, 2.75) is 32.6 Å². The zero-order valence-electron chi connectivity index (χ0n) is 11.6. The Morgan fingerprint density at radius 1 is 1.30 bits per heavy atom. The molecule has 4 rings (SSSR count). The highest BCUT2D eigenvalue weighted by molar-refractivity contribution is 7.19. The third kappa shape index (κ3) is 1.76. The van der Waals surface area contributed by atoms with Crippen molar-refractivity contribution >= 4 is 33.2 Å². The molecule has 4 nitrogen and oxygen atoms in total. The van der Waals surface area contributed by atoms with Crippen molar-refractivity contribution in [2.24, 2.45) is 5.92 Å². The Labute approximate surface area is 121 Å². The summed E-state index contributed by atoms with van der Waals surface area (Å²) in [4.78, 5) is 25.6. The van der Waals surface area contributed by atoms with E-state index in [2.05, 4.69) is 14.9 Å². The van der Waals surface area contributed by atoms with Gasteiger partial charge in [-0.2, -0.15) is 0 Å². The lowest BCUT2D eigenvalue weighted by Gasteiger charge is -2.31. The normalized spacial score (nSPS) is 22.6. The molecule has 2 aromatic heterocycles. The Bertz CT molecular complexity index is 694. The van der Waals surface area contributed by atoms with Gasteiger partial charge in [0, 0.05) is 30.3 Å². The molecule has 3 heterocycles. The van der Waals surface area contributed by atoms with E-state index in [1.54, 1.807) is 6.33 Å². The number of carbonyl (C=O) groups is 1. The zero-order valence-corrected chi connectivity index (χ0v) is 12.4. The van der Waals surface area contributed by atoms with Crippen LogP contribution in [0.5, 0.6) is 0 Å². The van der Waals surface area contributed by atoms with Crippen molar-refractivity contribution in [2.75, 3.05) is 18.0 Å². The number of aryl methyl sites for hydroxylation is 2. The first-order chi connectivity index (χ1) is 9.74. The van der Waals surface area contributed by atoms with Crippen molar-refractivity contribution in [3.05, 3.63) is 16.8 Å². The van der Waals surface area contributed by atoms with Gasteiger partial charge in [-0.3, -0.25) is 4.79 Å². The van der Waals surface area contributed by atoms with Gasteiger partial charge in [-0.25, -0.2) is 9.97 Å². The van der Waals surface area contributed by atoms with Gasteiger partial charge in [-0.05, 0) is 24.8 Å². The molecular formula is C15H17N3OS. The summed E-state index contributed by atoms with van der Waals surface area (Å²) in [5.74, 6) is 1.54. The van der Waals surface area contributed by atoms with Gasteiger partial charge < -0.3 is 4.90 Å². The van der Waals surface area contributed by atoms with Gasteiger partial charge >= 0.3 is 0 Å². The Morgan fingerprint density at radius 3 is 3.05 bits per heavy atom. The maximum absolute atomic E-state index is 11.7. The van der Waals surface area contributed by atoms with Crippen LogP contribution in [-0.4, -0.2) is 28.8 Å². The lowest BCUT2D eigenvalue weighted by molar-refractivity contribution is -0.122. The van der Waals surface area contributed by atoms with E-state index in [0.29, 0.717) is 12.2 Å². The average molecular weight is 287 g/mol. The van der Waals surface area contributed by atoms with Crippen LogP contribution in [0.15, 0.2) is 6.33 Å². The second kappa shape index (κ2) is 4.52. The molecule has 2 aromatic rings. The van der Waals surface area contributed by atoms with Crippen LogP contribution in [0.4, 0.5) is 5.82 Å². The largest absolute Gasteiger partial charge is 0.355 e. The number of hydrogen-bond acceptors (Lipinski definition) is 5. The topological polar surface area (TPSA) is 46.1 Å². The molecule has 5 heteroatoms. The first-order valence-corrected chi connectivity index (χ1v) is 8.08. The van der Waals surface area contributed by atoms with Gasteiger partial charge in [0.2, 0.25) is 0 Å². The van der Waals surface area contributed by atoms with Crippen LogP contribution in [0.2, 0.25) is 0 Å². The summed E-state index contributed by atoms with van der Waals surface area (Å²) in [7, 11) is 0. The van der Waals surface area contributed by atoms with Gasteiger partial charge in [-0.15, -0.1) is 11.3 Å². The predicted octanol–water partition coefficient (Wildman–Crippen LogP) is 2.60. The van der Waals surface area contributed by atoms with Crippen molar-refractivity contribution < 1.29 is 4.79 Å². The van der Waals surface area contributed by atoms with E-state index in [1.165, 1.54) is 28.7 Å². The fourth-order valence-corrected chi connectivity index (χ4v) is 4.58. The third-order valence-electron chi connectivity index (χ3n) is 4.45. The van der Waals surface area contributed by atoms with Gasteiger partial charge in [0.1, 0.15) is 22.8 Å². The maximum Gasteiger partial charge on any atom is 0.141 e. The average Bonchev–Trinajstić information content (AvgIpc) is 3.01. The molecule has 0 saturated carbocycles. The predicted molar refractivity (Wildman–Crippen MR) is 80.4 cm³/mol.